The van der Waals surface area contributed by atoms with Crippen molar-refractivity contribution in [3.05, 3.63) is 59.7 Å². The number of hydrazone groups is 1. The van der Waals surface area contributed by atoms with Crippen LogP contribution >= 0.6 is 0 Å². The first kappa shape index (κ1) is 17.5. The maximum atomic E-state index is 11.8. The fourth-order valence-corrected chi connectivity index (χ4v) is 2.11. The lowest BCUT2D eigenvalue weighted by molar-refractivity contribution is -0.123. The second kappa shape index (κ2) is 9.35. The van der Waals surface area contributed by atoms with Crippen LogP contribution in [0.3, 0.4) is 0 Å². The number of ether oxygens (including phenoxy) is 2. The summed E-state index contributed by atoms with van der Waals surface area (Å²) in [6.07, 6.45) is 2.43. The van der Waals surface area contributed by atoms with Gasteiger partial charge >= 0.3 is 0 Å². The SMILES string of the molecule is CCOc1ccc(/C=N/NC(=O)COc2ccccc2CC)cc1. The normalized spacial score (nSPS) is 10.6. The van der Waals surface area contributed by atoms with Gasteiger partial charge in [0.2, 0.25) is 0 Å². The largest absolute Gasteiger partial charge is 0.494 e. The molecule has 2 aromatic rings. The van der Waals surface area contributed by atoms with E-state index in [-0.39, 0.29) is 12.5 Å². The molecule has 0 bridgehead atoms. The fraction of sp³-hybridized carbons (Fsp3) is 0.263. The van der Waals surface area contributed by atoms with Crippen LogP contribution in [-0.2, 0) is 11.2 Å². The smallest absolute Gasteiger partial charge is 0.277 e. The van der Waals surface area contributed by atoms with E-state index in [9.17, 15) is 4.79 Å². The minimum Gasteiger partial charge on any atom is -0.494 e. The zero-order valence-corrected chi connectivity index (χ0v) is 14.0. The number of rotatable bonds is 8. The molecular weight excluding hydrogens is 304 g/mol. The van der Waals surface area contributed by atoms with Crippen LogP contribution in [0.1, 0.15) is 25.0 Å². The summed E-state index contributed by atoms with van der Waals surface area (Å²) in [4.78, 5) is 11.8. The molecule has 5 nitrogen and oxygen atoms in total. The number of carbonyl (C=O) groups is 1. The Kier molecular flexibility index (Phi) is 6.83. The Morgan fingerprint density at radius 1 is 1.08 bits per heavy atom. The van der Waals surface area contributed by atoms with Crippen molar-refractivity contribution in [2.75, 3.05) is 13.2 Å². The van der Waals surface area contributed by atoms with Crippen LogP contribution in [0.25, 0.3) is 0 Å². The molecular formula is C19H22N2O3. The van der Waals surface area contributed by atoms with Crippen molar-refractivity contribution < 1.29 is 14.3 Å². The average Bonchev–Trinajstić information content (AvgIpc) is 2.62. The zero-order chi connectivity index (χ0) is 17.2. The van der Waals surface area contributed by atoms with Crippen molar-refractivity contribution in [3.63, 3.8) is 0 Å². The molecule has 0 spiro atoms. The molecule has 1 N–H and O–H groups in total. The average molecular weight is 326 g/mol. The van der Waals surface area contributed by atoms with Crippen LogP contribution in [0.15, 0.2) is 53.6 Å². The van der Waals surface area contributed by atoms with Crippen molar-refractivity contribution in [3.8, 4) is 11.5 Å². The van der Waals surface area contributed by atoms with Gasteiger partial charge in [0.1, 0.15) is 11.5 Å². The highest BCUT2D eigenvalue weighted by Crippen LogP contribution is 2.17. The van der Waals surface area contributed by atoms with E-state index >= 15 is 0 Å². The van der Waals surface area contributed by atoms with Gasteiger partial charge in [0.15, 0.2) is 6.61 Å². The molecule has 0 unspecified atom stereocenters. The third-order valence-electron chi connectivity index (χ3n) is 3.31. The first-order chi connectivity index (χ1) is 11.7. The van der Waals surface area contributed by atoms with Gasteiger partial charge in [0.05, 0.1) is 12.8 Å². The zero-order valence-electron chi connectivity index (χ0n) is 14.0. The number of aryl methyl sites for hydroxylation is 1. The topological polar surface area (TPSA) is 59.9 Å². The van der Waals surface area contributed by atoms with E-state index in [0.29, 0.717) is 6.61 Å². The van der Waals surface area contributed by atoms with Crippen molar-refractivity contribution in [1.82, 2.24) is 5.43 Å². The number of hydrogen-bond acceptors (Lipinski definition) is 4. The summed E-state index contributed by atoms with van der Waals surface area (Å²) in [5.74, 6) is 1.23. The molecule has 126 valence electrons. The number of nitrogens with one attached hydrogen (secondary N) is 1. The molecule has 0 saturated carbocycles. The van der Waals surface area contributed by atoms with E-state index in [1.54, 1.807) is 6.21 Å². The van der Waals surface area contributed by atoms with Gasteiger partial charge in [-0.25, -0.2) is 5.43 Å². The summed E-state index contributed by atoms with van der Waals surface area (Å²) in [6, 6.07) is 15.1. The minimum atomic E-state index is -0.303. The molecule has 0 fully saturated rings. The van der Waals surface area contributed by atoms with E-state index in [0.717, 1.165) is 29.0 Å². The van der Waals surface area contributed by atoms with Crippen molar-refractivity contribution in [2.24, 2.45) is 5.10 Å². The summed E-state index contributed by atoms with van der Waals surface area (Å²) in [5.41, 5.74) is 4.40. The van der Waals surface area contributed by atoms with Gasteiger partial charge in [-0.15, -0.1) is 0 Å². The Hall–Kier alpha value is -2.82. The molecule has 0 aliphatic rings. The second-order valence-electron chi connectivity index (χ2n) is 5.05. The third kappa shape index (κ3) is 5.43. The highest BCUT2D eigenvalue weighted by Gasteiger charge is 2.04. The minimum absolute atomic E-state index is 0.0718. The molecule has 0 radical (unpaired) electrons. The summed E-state index contributed by atoms with van der Waals surface area (Å²) >= 11 is 0. The highest BCUT2D eigenvalue weighted by molar-refractivity contribution is 5.83. The Morgan fingerprint density at radius 3 is 2.54 bits per heavy atom. The highest BCUT2D eigenvalue weighted by atomic mass is 16.5. The third-order valence-corrected chi connectivity index (χ3v) is 3.31. The van der Waals surface area contributed by atoms with Gasteiger partial charge in [-0.05, 0) is 54.8 Å². The van der Waals surface area contributed by atoms with Crippen LogP contribution < -0.4 is 14.9 Å². The standard InChI is InChI=1S/C19H22N2O3/c1-3-16-7-5-6-8-18(16)24-14-19(22)21-20-13-15-9-11-17(12-10-15)23-4-2/h5-13H,3-4,14H2,1-2H3,(H,21,22)/b20-13+. The van der Waals surface area contributed by atoms with Crippen LogP contribution in [0.2, 0.25) is 0 Å². The summed E-state index contributed by atoms with van der Waals surface area (Å²) < 4.78 is 10.9. The molecule has 0 atom stereocenters. The molecule has 5 heteroatoms. The molecule has 0 aliphatic heterocycles. The predicted octanol–water partition coefficient (Wildman–Crippen LogP) is 3.18. The first-order valence-corrected chi connectivity index (χ1v) is 7.98. The monoisotopic (exact) mass is 326 g/mol. The van der Waals surface area contributed by atoms with Crippen molar-refractivity contribution in [2.45, 2.75) is 20.3 Å². The molecule has 2 rings (SSSR count). The van der Waals surface area contributed by atoms with Crippen LogP contribution in [0.5, 0.6) is 11.5 Å². The second-order valence-corrected chi connectivity index (χ2v) is 5.05. The van der Waals surface area contributed by atoms with Gasteiger partial charge in [-0.3, -0.25) is 4.79 Å². The quantitative estimate of drug-likeness (QED) is 0.599. The van der Waals surface area contributed by atoms with Gasteiger partial charge in [-0.1, -0.05) is 25.1 Å². The van der Waals surface area contributed by atoms with E-state index in [1.807, 2.05) is 62.4 Å². The van der Waals surface area contributed by atoms with E-state index in [1.165, 1.54) is 0 Å². The Morgan fingerprint density at radius 2 is 1.83 bits per heavy atom. The van der Waals surface area contributed by atoms with Crippen molar-refractivity contribution >= 4 is 12.1 Å². The number of hydrogen-bond donors (Lipinski definition) is 1. The van der Waals surface area contributed by atoms with E-state index < -0.39 is 0 Å². The van der Waals surface area contributed by atoms with Crippen LogP contribution in [0.4, 0.5) is 0 Å². The summed E-state index contributed by atoms with van der Waals surface area (Å²) in [7, 11) is 0. The molecule has 0 aliphatic carbocycles. The van der Waals surface area contributed by atoms with Crippen LogP contribution in [-0.4, -0.2) is 25.3 Å². The fourth-order valence-electron chi connectivity index (χ4n) is 2.11. The number of para-hydroxylation sites is 1. The number of nitrogens with zero attached hydrogens (tertiary/aromatic N) is 1. The molecule has 24 heavy (non-hydrogen) atoms. The van der Waals surface area contributed by atoms with E-state index in [4.69, 9.17) is 9.47 Å². The Labute approximate surface area is 142 Å². The van der Waals surface area contributed by atoms with Gasteiger partial charge < -0.3 is 9.47 Å². The predicted molar refractivity (Wildman–Crippen MR) is 94.7 cm³/mol. The lowest BCUT2D eigenvalue weighted by Gasteiger charge is -2.09. The lowest BCUT2D eigenvalue weighted by Crippen LogP contribution is -2.24. The summed E-state index contributed by atoms with van der Waals surface area (Å²) in [6.45, 7) is 4.54. The maximum Gasteiger partial charge on any atom is 0.277 e. The van der Waals surface area contributed by atoms with Crippen molar-refractivity contribution in [1.29, 1.82) is 0 Å². The lowest BCUT2D eigenvalue weighted by atomic mass is 10.1. The molecule has 0 heterocycles. The molecule has 0 saturated heterocycles. The number of amides is 1. The van der Waals surface area contributed by atoms with Gasteiger partial charge in [-0.2, -0.15) is 5.10 Å². The molecule has 2 aromatic carbocycles. The van der Waals surface area contributed by atoms with Crippen LogP contribution in [0, 0.1) is 0 Å². The number of benzene rings is 2. The van der Waals surface area contributed by atoms with Gasteiger partial charge in [0.25, 0.3) is 5.91 Å². The molecule has 1 amide bonds. The number of carbonyl (C=O) groups excluding carboxylic acids is 1. The van der Waals surface area contributed by atoms with E-state index in [2.05, 4.69) is 10.5 Å². The Bertz CT molecular complexity index is 681. The van der Waals surface area contributed by atoms with Gasteiger partial charge in [0, 0.05) is 0 Å². The summed E-state index contributed by atoms with van der Waals surface area (Å²) in [5, 5.41) is 3.93. The Balaban J connectivity index is 1.80. The molecule has 0 aromatic heterocycles. The first-order valence-electron chi connectivity index (χ1n) is 7.98. The maximum absolute atomic E-state index is 11.8.